The molecule has 8 aromatic heterocycles. The van der Waals surface area contributed by atoms with Crippen LogP contribution in [-0.4, -0.2) is 175 Å². The highest BCUT2D eigenvalue weighted by Gasteiger charge is 2.33. The standard InChI is InChI=1S/C34H46ClN5O5S.C33H51ClN6O4S.C12H19ClN4O2S.C9H13ClN4/c1-4-5-6-7-8-9-10-11-12-13-14-30(34(42)36-24(2)23-31-37-33-32(35)25(3)38-40(33)39-31)44-27-17-19-28(20-18-27)45-46(43)29-21-15-26(41)16-22-29;1-5-6-7-8-9-10-11-12-13-14-15-28(44-27-18-16-26(17-19-27)39-20-22-45(42,43)23-21-39)31(41)35-24-33(3,4)32-37-36-30-29(34)25(2)38-40(30)32;1-12(2,3)10-9(13)11-15-14-8(17(11)16-10)6-5-7-19-20(4)18;1-5-11-12-8-6(10)7(9(2,3)4)13-14(5)8/h15-22,24,30,38,41H,4-14,23H2,1-3H3,(H,36,42);16-19,28,38H,5-15,20-24H2,1-4H3,(H,35,41);16H,5-7H2,1-4H3;13H,1-4H3. The van der Waals surface area contributed by atoms with Crippen LogP contribution in [0.5, 0.6) is 23.0 Å². The normalized spacial score (nSPS) is 14.3. The molecule has 1 aliphatic rings. The highest BCUT2D eigenvalue weighted by Crippen LogP contribution is 2.35. The maximum Gasteiger partial charge on any atom is 0.261 e. The number of aromatic nitrogens is 16. The number of aryl methyl sites for hydroxylation is 4. The number of rotatable bonds is 43. The number of fused-ring (bicyclic) bond motifs is 4. The van der Waals surface area contributed by atoms with Gasteiger partial charge in [-0.3, -0.25) is 34.2 Å². The molecular formula is C88H129Cl4N19O11S3. The van der Waals surface area contributed by atoms with Gasteiger partial charge in [0.1, 0.15) is 48.9 Å². The molecule has 0 aliphatic carbocycles. The number of carbonyl (C=O) groups excluding carboxylic acids is 2. The Bertz CT molecular complexity index is 5360. The summed E-state index contributed by atoms with van der Waals surface area (Å²) in [6.45, 7) is 30.3. The number of halogens is 4. The molecule has 0 saturated carbocycles. The number of ether oxygens (including phenoxy) is 2. The lowest BCUT2D eigenvalue weighted by molar-refractivity contribution is -0.129. The number of phenolic OH excluding ortho intramolecular Hbond substituents is 1. The van der Waals surface area contributed by atoms with Gasteiger partial charge in [-0.2, -0.15) is 4.63 Å². The van der Waals surface area contributed by atoms with Gasteiger partial charge < -0.3 is 34.3 Å². The van der Waals surface area contributed by atoms with Crippen LogP contribution in [0.3, 0.4) is 0 Å². The monoisotopic (exact) mass is 1860 g/mol. The van der Waals surface area contributed by atoms with Gasteiger partial charge in [0.05, 0.1) is 45.8 Å². The molecule has 9 heterocycles. The van der Waals surface area contributed by atoms with Gasteiger partial charge in [-0.25, -0.2) is 35.4 Å². The summed E-state index contributed by atoms with van der Waals surface area (Å²) in [4.78, 5) is 34.1. The van der Waals surface area contributed by atoms with Crippen molar-refractivity contribution in [1.29, 1.82) is 0 Å². The van der Waals surface area contributed by atoms with Crippen molar-refractivity contribution in [2.75, 3.05) is 48.9 Å². The number of nitrogens with zero attached hydrogens (tertiary/aromatic N) is 13. The van der Waals surface area contributed by atoms with Crippen LogP contribution in [0.15, 0.2) is 77.7 Å². The van der Waals surface area contributed by atoms with E-state index >= 15 is 0 Å². The van der Waals surface area contributed by atoms with Crippen LogP contribution in [0, 0.1) is 20.8 Å². The lowest BCUT2D eigenvalue weighted by Crippen LogP contribution is -2.44. The summed E-state index contributed by atoms with van der Waals surface area (Å²) in [6, 6.07) is 20.1. The van der Waals surface area contributed by atoms with E-state index in [1.165, 1.54) is 108 Å². The Morgan fingerprint density at radius 1 is 0.560 bits per heavy atom. The van der Waals surface area contributed by atoms with E-state index in [9.17, 15) is 31.5 Å². The first-order valence-electron chi connectivity index (χ1n) is 43.8. The number of benzene rings is 3. The second kappa shape index (κ2) is 47.7. The number of H-pyrrole nitrogens is 4. The summed E-state index contributed by atoms with van der Waals surface area (Å²) in [6.07, 6.45) is 27.5. The Balaban J connectivity index is 0.000000207. The molecule has 0 spiro atoms. The van der Waals surface area contributed by atoms with Crippen molar-refractivity contribution >= 4 is 118 Å². The first kappa shape index (κ1) is 100. The van der Waals surface area contributed by atoms with Gasteiger partial charge in [0.2, 0.25) is 11.1 Å². The van der Waals surface area contributed by atoms with Crippen LogP contribution >= 0.6 is 46.4 Å². The zero-order valence-electron chi connectivity index (χ0n) is 75.2. The molecule has 0 radical (unpaired) electrons. The maximum atomic E-state index is 13.6. The molecule has 5 unspecified atom stereocenters. The molecule has 2 amide bonds. The van der Waals surface area contributed by atoms with Crippen molar-refractivity contribution in [3.05, 3.63) is 139 Å². The van der Waals surface area contributed by atoms with E-state index in [0.717, 1.165) is 85.1 Å². The average molecular weight is 1870 g/mol. The number of unbranched alkanes of at least 4 members (excludes halogenated alkanes) is 18. The van der Waals surface area contributed by atoms with Crippen LogP contribution in [0.25, 0.3) is 22.6 Å². The maximum absolute atomic E-state index is 13.6. The summed E-state index contributed by atoms with van der Waals surface area (Å²) in [7, 11) is -2.95. The summed E-state index contributed by atoms with van der Waals surface area (Å²) < 4.78 is 77.0. The molecule has 1 saturated heterocycles. The second-order valence-corrected chi connectivity index (χ2v) is 40.9. The Labute approximate surface area is 760 Å². The smallest absolute Gasteiger partial charge is 0.261 e. The number of carbonyl (C=O) groups is 2. The van der Waals surface area contributed by atoms with Gasteiger partial charge in [-0.05, 0) is 133 Å². The SMILES string of the molecule is CCCCCCCCCCCCC(Oc1ccc(N2CCS(=O)(=O)CC2)cc1)C(=O)NCC(C)(C)c1nnc2c(Cl)c(C)[nH]n12.CCCCCCCCCCCCC(Oc1ccc(OS(=O)c2ccc(O)cc2)cc1)C(=O)NC(C)Cc1nc2c(Cl)c(C)[nH]n2n1.CS(=O)OCCCc1nnc2c(Cl)c(C(C)(C)C)[nH]n12.Cc1nnc2c(Cl)c(C(C)(C)C)[nH]n12. The number of aromatic amines is 4. The largest absolute Gasteiger partial charge is 0.508 e. The zero-order chi connectivity index (χ0) is 90.8. The number of anilines is 1. The number of amides is 2. The topological polar surface area (TPSA) is 371 Å². The first-order chi connectivity index (χ1) is 59.4. The molecule has 12 rings (SSSR count). The van der Waals surface area contributed by atoms with Crippen LogP contribution in [-0.2, 0) is 74.9 Å². The summed E-state index contributed by atoms with van der Waals surface area (Å²) in [5.74, 6) is 4.45. The lowest BCUT2D eigenvalue weighted by Gasteiger charge is -2.29. The van der Waals surface area contributed by atoms with Crippen molar-refractivity contribution in [2.45, 2.75) is 297 Å². The van der Waals surface area contributed by atoms with E-state index in [4.69, 9.17) is 64.2 Å². The van der Waals surface area contributed by atoms with E-state index in [-0.39, 0.29) is 45.9 Å². The van der Waals surface area contributed by atoms with Gasteiger partial charge in [0.25, 0.3) is 11.8 Å². The molecular weight excluding hydrogens is 1740 g/mol. The van der Waals surface area contributed by atoms with E-state index in [2.05, 4.69) is 132 Å². The van der Waals surface area contributed by atoms with Crippen molar-refractivity contribution in [2.24, 2.45) is 0 Å². The molecule has 7 N–H and O–H groups in total. The number of hydrogen-bond acceptors (Lipinski definition) is 20. The van der Waals surface area contributed by atoms with Crippen molar-refractivity contribution < 1.29 is 49.4 Å². The Hall–Kier alpha value is -8.31. The molecule has 3 aromatic carbocycles. The van der Waals surface area contributed by atoms with E-state index < -0.39 is 49.6 Å². The highest BCUT2D eigenvalue weighted by molar-refractivity contribution is 7.91. The summed E-state index contributed by atoms with van der Waals surface area (Å²) in [5, 5.41) is 60.0. The van der Waals surface area contributed by atoms with Gasteiger partial charge >= 0.3 is 0 Å². The van der Waals surface area contributed by atoms with E-state index in [1.807, 2.05) is 74.8 Å². The van der Waals surface area contributed by atoms with Crippen molar-refractivity contribution in [1.82, 2.24) is 89.9 Å². The molecule has 0 bridgehead atoms. The molecule has 11 aromatic rings. The van der Waals surface area contributed by atoms with Gasteiger partial charge in [0, 0.05) is 66.7 Å². The predicted octanol–water partition coefficient (Wildman–Crippen LogP) is 18.6. The van der Waals surface area contributed by atoms with Gasteiger partial charge in [-0.15, -0.1) is 35.7 Å². The van der Waals surface area contributed by atoms with Crippen molar-refractivity contribution in [3.8, 4) is 23.0 Å². The minimum absolute atomic E-state index is 0.00970. The number of sulfone groups is 1. The van der Waals surface area contributed by atoms with Crippen LogP contribution < -0.4 is 29.2 Å². The number of hydrogen-bond donors (Lipinski definition) is 7. The van der Waals surface area contributed by atoms with E-state index in [0.29, 0.717) is 128 Å². The number of aromatic hydroxyl groups is 1. The average Bonchev–Trinajstić information content (AvgIpc) is 1.63. The predicted molar refractivity (Wildman–Crippen MR) is 497 cm³/mol. The Morgan fingerprint density at radius 3 is 1.56 bits per heavy atom. The number of nitrogens with one attached hydrogen (secondary N) is 6. The molecule has 125 heavy (non-hydrogen) atoms. The zero-order valence-corrected chi connectivity index (χ0v) is 80.6. The lowest BCUT2D eigenvalue weighted by atomic mass is 9.92. The molecule has 688 valence electrons. The molecule has 1 fully saturated rings. The minimum atomic E-state index is -2.95. The quantitative estimate of drug-likeness (QED) is 0.0175. The van der Waals surface area contributed by atoms with Gasteiger partial charge in [-0.1, -0.05) is 231 Å². The third-order valence-corrected chi connectivity index (χ3v) is 26.3. The third-order valence-electron chi connectivity index (χ3n) is 21.6. The summed E-state index contributed by atoms with van der Waals surface area (Å²) in [5.41, 5.74) is 6.35. The van der Waals surface area contributed by atoms with Crippen LogP contribution in [0.2, 0.25) is 20.1 Å². The highest BCUT2D eigenvalue weighted by atomic mass is 35.5. The first-order valence-corrected chi connectivity index (χ1v) is 49.7. The molecule has 1 aliphatic heterocycles. The fourth-order valence-electron chi connectivity index (χ4n) is 14.3. The fourth-order valence-corrected chi connectivity index (χ4v) is 17.8. The Morgan fingerprint density at radius 2 is 1.03 bits per heavy atom. The molecule has 5 atom stereocenters. The Kier molecular flexibility index (Phi) is 38.3. The number of phenols is 1. The van der Waals surface area contributed by atoms with Gasteiger partial charge in [0.15, 0.2) is 73.2 Å². The molecule has 37 heteroatoms. The van der Waals surface area contributed by atoms with Crippen molar-refractivity contribution in [3.63, 3.8) is 0 Å². The minimum Gasteiger partial charge on any atom is -0.508 e. The molecule has 30 nitrogen and oxygen atoms in total. The van der Waals surface area contributed by atoms with Crippen LogP contribution in [0.4, 0.5) is 5.69 Å². The third kappa shape index (κ3) is 29.9. The second-order valence-electron chi connectivity index (χ2n) is 34.9. The fraction of sp³-hybridized carbons (Fsp3) is 0.591. The van der Waals surface area contributed by atoms with Crippen LogP contribution in [0.1, 0.15) is 270 Å². The summed E-state index contributed by atoms with van der Waals surface area (Å²) >= 11 is 22.2. The van der Waals surface area contributed by atoms with E-state index in [1.54, 1.807) is 45.5 Å².